The third kappa shape index (κ3) is 4.00. The van der Waals surface area contributed by atoms with E-state index in [2.05, 4.69) is 5.10 Å². The molecule has 0 aliphatic heterocycles. The van der Waals surface area contributed by atoms with E-state index in [1.165, 1.54) is 11.6 Å². The number of nitrogens with zero attached hydrogens (tertiary/aromatic N) is 2. The first-order valence-electron chi connectivity index (χ1n) is 7.66. The zero-order valence-corrected chi connectivity index (χ0v) is 13.8. The molecule has 2 aromatic rings. The third-order valence-corrected chi connectivity index (χ3v) is 3.40. The first kappa shape index (κ1) is 18.1. The molecule has 0 fully saturated rings. The molecule has 0 saturated carbocycles. The second-order valence-electron chi connectivity index (χ2n) is 5.32. The average molecular weight is 346 g/mol. The van der Waals surface area contributed by atoms with Gasteiger partial charge in [0.15, 0.2) is 11.8 Å². The van der Waals surface area contributed by atoms with Crippen molar-refractivity contribution < 1.29 is 19.1 Å². The van der Waals surface area contributed by atoms with Crippen LogP contribution < -0.4 is 16.6 Å². The van der Waals surface area contributed by atoms with Crippen LogP contribution in [0.5, 0.6) is 0 Å². The summed E-state index contributed by atoms with van der Waals surface area (Å²) in [4.78, 5) is 47.1. The summed E-state index contributed by atoms with van der Waals surface area (Å²) < 4.78 is 6.23. The van der Waals surface area contributed by atoms with Gasteiger partial charge in [0.05, 0.1) is 5.39 Å². The predicted molar refractivity (Wildman–Crippen MR) is 88.9 cm³/mol. The highest BCUT2D eigenvalue weighted by Crippen LogP contribution is 2.15. The summed E-state index contributed by atoms with van der Waals surface area (Å²) in [7, 11) is 0. The van der Waals surface area contributed by atoms with Crippen molar-refractivity contribution in [1.29, 1.82) is 0 Å². The predicted octanol–water partition coefficient (Wildman–Crippen LogP) is 0.547. The van der Waals surface area contributed by atoms with Crippen LogP contribution in [0, 0.1) is 0 Å². The van der Waals surface area contributed by atoms with E-state index in [4.69, 9.17) is 10.5 Å². The van der Waals surface area contributed by atoms with Crippen molar-refractivity contribution in [3.63, 3.8) is 0 Å². The molecule has 9 nitrogen and oxygen atoms in total. The van der Waals surface area contributed by atoms with Gasteiger partial charge in [-0.05, 0) is 19.4 Å². The zero-order valence-electron chi connectivity index (χ0n) is 13.8. The molecule has 0 radical (unpaired) electrons. The van der Waals surface area contributed by atoms with Gasteiger partial charge >= 0.3 is 12.0 Å². The number of ether oxygens (including phenoxy) is 1. The molecule has 0 aliphatic rings. The van der Waals surface area contributed by atoms with Crippen molar-refractivity contribution in [2.24, 2.45) is 5.73 Å². The molecule has 0 spiro atoms. The van der Waals surface area contributed by atoms with Crippen LogP contribution in [-0.2, 0) is 16.1 Å². The number of hydrogen-bond acceptors (Lipinski definition) is 6. The van der Waals surface area contributed by atoms with Crippen LogP contribution in [0.1, 0.15) is 30.8 Å². The highest BCUT2D eigenvalue weighted by molar-refractivity contribution is 6.03. The lowest BCUT2D eigenvalue weighted by Crippen LogP contribution is -2.42. The molecule has 1 aromatic carbocycles. The van der Waals surface area contributed by atoms with Crippen LogP contribution in [0.25, 0.3) is 10.8 Å². The van der Waals surface area contributed by atoms with Crippen molar-refractivity contribution in [2.45, 2.75) is 32.9 Å². The molecule has 1 unspecified atom stereocenters. The van der Waals surface area contributed by atoms with Gasteiger partial charge in [-0.1, -0.05) is 25.1 Å². The Morgan fingerprint density at radius 1 is 1.28 bits per heavy atom. The van der Waals surface area contributed by atoms with Crippen LogP contribution in [0.3, 0.4) is 0 Å². The molecular weight excluding hydrogens is 328 g/mol. The highest BCUT2D eigenvalue weighted by Gasteiger charge is 2.23. The Morgan fingerprint density at radius 2 is 1.92 bits per heavy atom. The van der Waals surface area contributed by atoms with Crippen molar-refractivity contribution in [3.05, 3.63) is 40.3 Å². The Kier molecular flexibility index (Phi) is 5.48. The number of urea groups is 1. The van der Waals surface area contributed by atoms with Crippen molar-refractivity contribution in [1.82, 2.24) is 15.1 Å². The van der Waals surface area contributed by atoms with Crippen LogP contribution in [0.2, 0.25) is 0 Å². The number of carbonyl (C=O) groups excluding carboxylic acids is 3. The Labute approximate surface area is 142 Å². The standard InChI is InChI=1S/C16H18N4O5/c1-3-8-20-14(22)11-7-5-4-6-10(11)12(19-20)15(23)25-9(2)13(21)18-16(17)24/h4-7,9H,3,8H2,1-2H3,(H3,17,18,21,24). The number of imide groups is 1. The molecule has 0 aliphatic carbocycles. The number of primary amides is 1. The minimum Gasteiger partial charge on any atom is -0.448 e. The summed E-state index contributed by atoms with van der Waals surface area (Å²) in [5.74, 6) is -1.74. The number of hydrogen-bond donors (Lipinski definition) is 2. The number of esters is 1. The molecule has 1 atom stereocenters. The minimum absolute atomic E-state index is 0.0811. The largest absolute Gasteiger partial charge is 0.448 e. The number of nitrogens with one attached hydrogen (secondary N) is 1. The molecule has 9 heteroatoms. The maximum atomic E-state index is 12.4. The van der Waals surface area contributed by atoms with E-state index < -0.39 is 24.0 Å². The molecule has 0 saturated heterocycles. The lowest BCUT2D eigenvalue weighted by molar-refractivity contribution is -0.127. The summed E-state index contributed by atoms with van der Waals surface area (Å²) >= 11 is 0. The summed E-state index contributed by atoms with van der Waals surface area (Å²) in [6, 6.07) is 5.45. The molecule has 1 aromatic heterocycles. The van der Waals surface area contributed by atoms with E-state index in [0.717, 1.165) is 0 Å². The molecule has 132 valence electrons. The fourth-order valence-electron chi connectivity index (χ4n) is 2.24. The molecule has 2 rings (SSSR count). The van der Waals surface area contributed by atoms with E-state index in [1.54, 1.807) is 24.3 Å². The van der Waals surface area contributed by atoms with Gasteiger partial charge in [0, 0.05) is 11.9 Å². The van der Waals surface area contributed by atoms with Crippen LogP contribution in [-0.4, -0.2) is 33.8 Å². The summed E-state index contributed by atoms with van der Waals surface area (Å²) in [5.41, 5.74) is 4.46. The number of nitrogens with two attached hydrogens (primary N) is 1. The molecule has 25 heavy (non-hydrogen) atoms. The monoisotopic (exact) mass is 346 g/mol. The Bertz CT molecular complexity index is 890. The molecule has 3 N–H and O–H groups in total. The van der Waals surface area contributed by atoms with E-state index in [-0.39, 0.29) is 11.3 Å². The first-order valence-corrected chi connectivity index (χ1v) is 7.66. The fourth-order valence-corrected chi connectivity index (χ4v) is 2.24. The van der Waals surface area contributed by atoms with Gasteiger partial charge in [0.1, 0.15) is 0 Å². The molecule has 3 amide bonds. The number of fused-ring (bicyclic) bond motifs is 1. The first-order chi connectivity index (χ1) is 11.8. The van der Waals surface area contributed by atoms with E-state index >= 15 is 0 Å². The van der Waals surface area contributed by atoms with Gasteiger partial charge in [0.25, 0.3) is 11.5 Å². The number of aryl methyl sites for hydroxylation is 1. The van der Waals surface area contributed by atoms with Gasteiger partial charge in [-0.15, -0.1) is 0 Å². The van der Waals surface area contributed by atoms with Crippen LogP contribution in [0.4, 0.5) is 4.79 Å². The smallest absolute Gasteiger partial charge is 0.360 e. The Morgan fingerprint density at radius 3 is 2.52 bits per heavy atom. The van der Waals surface area contributed by atoms with Crippen molar-refractivity contribution >= 4 is 28.7 Å². The number of carbonyl (C=O) groups is 3. The van der Waals surface area contributed by atoms with Crippen molar-refractivity contribution in [2.75, 3.05) is 0 Å². The van der Waals surface area contributed by atoms with Gasteiger partial charge in [-0.25, -0.2) is 14.3 Å². The van der Waals surface area contributed by atoms with Gasteiger partial charge in [-0.2, -0.15) is 5.10 Å². The third-order valence-electron chi connectivity index (χ3n) is 3.40. The number of rotatable bonds is 5. The quantitative estimate of drug-likeness (QED) is 0.759. The average Bonchev–Trinajstić information content (AvgIpc) is 2.56. The number of aromatic nitrogens is 2. The van der Waals surface area contributed by atoms with Gasteiger partial charge in [-0.3, -0.25) is 14.9 Å². The van der Waals surface area contributed by atoms with Crippen molar-refractivity contribution in [3.8, 4) is 0 Å². The topological polar surface area (TPSA) is 133 Å². The summed E-state index contributed by atoms with van der Waals surface area (Å²) in [5, 5.41) is 6.55. The second-order valence-corrected chi connectivity index (χ2v) is 5.32. The second kappa shape index (κ2) is 7.56. The molecule has 1 heterocycles. The Balaban J connectivity index is 2.40. The minimum atomic E-state index is -1.26. The van der Waals surface area contributed by atoms with Crippen LogP contribution >= 0.6 is 0 Å². The maximum Gasteiger partial charge on any atom is 0.360 e. The molecule has 0 bridgehead atoms. The zero-order chi connectivity index (χ0) is 18.6. The SMILES string of the molecule is CCCn1nc(C(=O)OC(C)C(=O)NC(N)=O)c2ccccc2c1=O. The fraction of sp³-hybridized carbons (Fsp3) is 0.312. The number of amides is 3. The van der Waals surface area contributed by atoms with E-state index in [0.29, 0.717) is 23.7 Å². The lowest BCUT2D eigenvalue weighted by atomic mass is 10.1. The normalized spacial score (nSPS) is 11.8. The number of benzene rings is 1. The summed E-state index contributed by atoms with van der Waals surface area (Å²) in [6.07, 6.45) is -0.607. The van der Waals surface area contributed by atoms with E-state index in [1.807, 2.05) is 12.2 Å². The molecular formula is C16H18N4O5. The maximum absolute atomic E-state index is 12.4. The highest BCUT2D eigenvalue weighted by atomic mass is 16.5. The lowest BCUT2D eigenvalue weighted by Gasteiger charge is -2.13. The Hall–Kier alpha value is -3.23. The summed E-state index contributed by atoms with van der Waals surface area (Å²) in [6.45, 7) is 3.50. The van der Waals surface area contributed by atoms with E-state index in [9.17, 15) is 19.2 Å². The van der Waals surface area contributed by atoms with Crippen LogP contribution in [0.15, 0.2) is 29.1 Å². The van der Waals surface area contributed by atoms with Gasteiger partial charge in [0.2, 0.25) is 0 Å². The van der Waals surface area contributed by atoms with Gasteiger partial charge < -0.3 is 10.5 Å².